The number of alkyl halides is 3. The largest absolute Gasteiger partial charge is 0.426 e. The van der Waals surface area contributed by atoms with Gasteiger partial charge in [-0.05, 0) is 30.2 Å². The lowest BCUT2D eigenvalue weighted by molar-refractivity contribution is -0.146. The Kier molecular flexibility index (Phi) is 5.62. The predicted molar refractivity (Wildman–Crippen MR) is 114 cm³/mol. The monoisotopic (exact) mass is 463 g/mol. The van der Waals surface area contributed by atoms with E-state index in [-0.39, 0.29) is 30.5 Å². The number of ether oxygens (including phenoxy) is 1. The molecule has 0 N–H and O–H groups in total. The number of hydrogen-bond acceptors (Lipinski definition) is 4. The molecule has 0 saturated carbocycles. The van der Waals surface area contributed by atoms with Crippen LogP contribution in [0.2, 0.25) is 0 Å². The molecule has 2 heterocycles. The van der Waals surface area contributed by atoms with Crippen molar-refractivity contribution in [1.82, 2.24) is 4.90 Å². The fraction of sp³-hybridized carbons (Fsp3) is 0.227. The van der Waals surface area contributed by atoms with Gasteiger partial charge in [-0.2, -0.15) is 0 Å². The Morgan fingerprint density at radius 1 is 0.867 bits per heavy atom. The summed E-state index contributed by atoms with van der Waals surface area (Å²) in [5.74, 6) is -2.42. The molecule has 0 spiro atoms. The number of allylic oxidation sites excluding steroid dienone is 2. The zero-order chi connectivity index (χ0) is 21.5. The molecule has 2 aliphatic heterocycles. The smallest absolute Gasteiger partial charge is 0.315 e. The van der Waals surface area contributed by atoms with Crippen molar-refractivity contribution in [2.24, 2.45) is 5.92 Å². The number of carbonyl (C=O) groups is 3. The van der Waals surface area contributed by atoms with E-state index in [9.17, 15) is 14.4 Å². The van der Waals surface area contributed by atoms with Gasteiger partial charge in [-0.15, -0.1) is 0 Å². The molecule has 8 heteroatoms. The van der Waals surface area contributed by atoms with E-state index in [1.54, 1.807) is 30.3 Å². The van der Waals surface area contributed by atoms with Crippen molar-refractivity contribution in [2.45, 2.75) is 16.1 Å². The Labute approximate surface area is 188 Å². The number of amides is 2. The van der Waals surface area contributed by atoms with Gasteiger partial charge in [0.05, 0.1) is 17.0 Å². The summed E-state index contributed by atoms with van der Waals surface area (Å²) in [6.07, 6.45) is 1.84. The summed E-state index contributed by atoms with van der Waals surface area (Å²) < 4.78 is 3.41. The lowest BCUT2D eigenvalue weighted by Gasteiger charge is -2.31. The normalized spacial score (nSPS) is 21.4. The van der Waals surface area contributed by atoms with Crippen molar-refractivity contribution in [3.05, 3.63) is 83.1 Å². The minimum atomic E-state index is -1.88. The summed E-state index contributed by atoms with van der Waals surface area (Å²) in [5.41, 5.74) is 1.58. The number of benzene rings is 2. The van der Waals surface area contributed by atoms with Gasteiger partial charge >= 0.3 is 5.97 Å². The summed E-state index contributed by atoms with van der Waals surface area (Å²) in [4.78, 5) is 39.2. The van der Waals surface area contributed by atoms with Crippen LogP contribution in [-0.2, 0) is 9.53 Å². The van der Waals surface area contributed by atoms with Crippen molar-refractivity contribution >= 4 is 52.6 Å². The maximum Gasteiger partial charge on any atom is 0.315 e. The van der Waals surface area contributed by atoms with Crippen LogP contribution in [0.15, 0.2) is 66.4 Å². The number of nitrogens with zero attached hydrogens (tertiary/aromatic N) is 1. The first-order valence-electron chi connectivity index (χ1n) is 9.28. The fourth-order valence-corrected chi connectivity index (χ4v) is 4.11. The fourth-order valence-electron chi connectivity index (χ4n) is 3.81. The molecule has 2 amide bonds. The third kappa shape index (κ3) is 3.85. The topological polar surface area (TPSA) is 63.7 Å². The Bertz CT molecular complexity index is 1010. The van der Waals surface area contributed by atoms with E-state index >= 15 is 0 Å². The number of esters is 1. The van der Waals surface area contributed by atoms with Gasteiger partial charge in [0, 0.05) is 12.5 Å². The van der Waals surface area contributed by atoms with Gasteiger partial charge in [0.25, 0.3) is 11.8 Å². The Morgan fingerprint density at radius 3 is 2.00 bits per heavy atom. The van der Waals surface area contributed by atoms with E-state index < -0.39 is 21.6 Å². The number of carbonyl (C=O) groups excluding carboxylic acids is 3. The second-order valence-electron chi connectivity index (χ2n) is 7.09. The van der Waals surface area contributed by atoms with Crippen molar-refractivity contribution in [2.75, 3.05) is 6.54 Å². The zero-order valence-corrected chi connectivity index (χ0v) is 17.8. The zero-order valence-electron chi connectivity index (χ0n) is 15.6. The van der Waals surface area contributed by atoms with Gasteiger partial charge < -0.3 is 4.74 Å². The van der Waals surface area contributed by atoms with Gasteiger partial charge in [-0.3, -0.25) is 19.3 Å². The Hall–Kier alpha value is -2.34. The second-order valence-corrected chi connectivity index (χ2v) is 9.37. The highest BCUT2D eigenvalue weighted by Crippen LogP contribution is 2.43. The van der Waals surface area contributed by atoms with E-state index in [0.717, 1.165) is 10.5 Å². The SMILES string of the molecule is O=C1OC(C(Cl)(Cl)Cl)=C[C@H](c2ccccc2)[C@@H]1CCN1C(=O)c2ccccc2C1=O. The molecule has 2 aliphatic rings. The van der Waals surface area contributed by atoms with Crippen LogP contribution in [-0.4, -0.2) is 33.0 Å². The molecule has 2 aromatic rings. The Balaban J connectivity index is 1.60. The van der Waals surface area contributed by atoms with Crippen LogP contribution in [0.4, 0.5) is 0 Å². The molecule has 0 radical (unpaired) electrons. The van der Waals surface area contributed by atoms with Crippen LogP contribution < -0.4 is 0 Å². The summed E-state index contributed by atoms with van der Waals surface area (Å²) >= 11 is 17.8. The molecular weight excluding hydrogens is 449 g/mol. The quantitative estimate of drug-likeness (QED) is 0.367. The highest BCUT2D eigenvalue weighted by atomic mass is 35.6. The van der Waals surface area contributed by atoms with Crippen LogP contribution >= 0.6 is 34.8 Å². The molecule has 0 unspecified atom stereocenters. The van der Waals surface area contributed by atoms with Crippen LogP contribution in [0.5, 0.6) is 0 Å². The van der Waals surface area contributed by atoms with Crippen molar-refractivity contribution in [1.29, 1.82) is 0 Å². The van der Waals surface area contributed by atoms with Gasteiger partial charge in [0.15, 0.2) is 5.76 Å². The number of rotatable bonds is 4. The average Bonchev–Trinajstić information content (AvgIpc) is 2.97. The van der Waals surface area contributed by atoms with Gasteiger partial charge in [0.1, 0.15) is 0 Å². The molecule has 154 valence electrons. The summed E-state index contributed by atoms with van der Waals surface area (Å²) in [5, 5.41) is 0. The number of fused-ring (bicyclic) bond motifs is 1. The molecule has 5 nitrogen and oxygen atoms in total. The molecule has 2 atom stereocenters. The molecule has 2 aromatic carbocycles. The van der Waals surface area contributed by atoms with Crippen LogP contribution in [0.3, 0.4) is 0 Å². The standard InChI is InChI=1S/C22H16Cl3NO4/c23-22(24,25)18-12-17(13-6-2-1-3-7-13)16(21(29)30-18)10-11-26-19(27)14-8-4-5-9-15(14)20(26)28/h1-9,12,16-17H,10-11H2/t16-,17+/m0/s1. The molecule has 0 saturated heterocycles. The van der Waals surface area contributed by atoms with Crippen molar-refractivity contribution in [3.63, 3.8) is 0 Å². The van der Waals surface area contributed by atoms with E-state index in [4.69, 9.17) is 39.5 Å². The number of imide groups is 1. The molecule has 30 heavy (non-hydrogen) atoms. The summed E-state index contributed by atoms with van der Waals surface area (Å²) in [7, 11) is 0. The van der Waals surface area contributed by atoms with Crippen LogP contribution in [0.25, 0.3) is 0 Å². The molecule has 0 bridgehead atoms. The third-order valence-corrected chi connectivity index (χ3v) is 5.84. The van der Waals surface area contributed by atoms with E-state index in [1.807, 2.05) is 30.3 Å². The van der Waals surface area contributed by atoms with Crippen LogP contribution in [0.1, 0.15) is 38.6 Å². The summed E-state index contributed by atoms with van der Waals surface area (Å²) in [6, 6.07) is 15.9. The molecule has 0 aromatic heterocycles. The number of hydrogen-bond donors (Lipinski definition) is 0. The molecular formula is C22H16Cl3NO4. The third-order valence-electron chi connectivity index (χ3n) is 5.28. The molecule has 4 rings (SSSR count). The van der Waals surface area contributed by atoms with Crippen molar-refractivity contribution in [3.8, 4) is 0 Å². The lowest BCUT2D eigenvalue weighted by Crippen LogP contribution is -2.36. The first-order valence-corrected chi connectivity index (χ1v) is 10.4. The van der Waals surface area contributed by atoms with Gasteiger partial charge in [-0.25, -0.2) is 0 Å². The predicted octanol–water partition coefficient (Wildman–Crippen LogP) is 4.88. The van der Waals surface area contributed by atoms with Gasteiger partial charge in [-0.1, -0.05) is 77.3 Å². The highest BCUT2D eigenvalue weighted by molar-refractivity contribution is 6.69. The lowest BCUT2D eigenvalue weighted by atomic mass is 9.82. The van der Waals surface area contributed by atoms with E-state index in [1.165, 1.54) is 0 Å². The number of cyclic esters (lactones) is 1. The molecule has 0 fully saturated rings. The highest BCUT2D eigenvalue weighted by Gasteiger charge is 2.42. The minimum Gasteiger partial charge on any atom is -0.426 e. The maximum absolute atomic E-state index is 12.8. The maximum atomic E-state index is 12.8. The average molecular weight is 465 g/mol. The Morgan fingerprint density at radius 2 is 1.43 bits per heavy atom. The van der Waals surface area contributed by atoms with Crippen molar-refractivity contribution < 1.29 is 19.1 Å². The number of halogens is 3. The first-order chi connectivity index (χ1) is 14.3. The second kappa shape index (κ2) is 8.06. The summed E-state index contributed by atoms with van der Waals surface area (Å²) in [6.45, 7) is 0.0758. The van der Waals surface area contributed by atoms with E-state index in [2.05, 4.69) is 0 Å². The van der Waals surface area contributed by atoms with Gasteiger partial charge in [0.2, 0.25) is 3.79 Å². The van der Waals surface area contributed by atoms with Crippen LogP contribution in [0, 0.1) is 5.92 Å². The minimum absolute atomic E-state index is 0.0525. The van der Waals surface area contributed by atoms with E-state index in [0.29, 0.717) is 11.1 Å². The molecule has 0 aliphatic carbocycles. The first kappa shape index (κ1) is 20.9.